The van der Waals surface area contributed by atoms with E-state index < -0.39 is 0 Å². The van der Waals surface area contributed by atoms with Crippen LogP contribution in [0.25, 0.3) is 0 Å². The lowest BCUT2D eigenvalue weighted by Crippen LogP contribution is -2.32. The highest BCUT2D eigenvalue weighted by Crippen LogP contribution is 2.34. The highest BCUT2D eigenvalue weighted by atomic mass is 16.2. The predicted molar refractivity (Wildman–Crippen MR) is 75.8 cm³/mol. The molecule has 0 bridgehead atoms. The number of nitrogens with zero attached hydrogens (tertiary/aromatic N) is 1. The first-order valence-corrected chi connectivity index (χ1v) is 6.75. The van der Waals surface area contributed by atoms with Gasteiger partial charge in [-0.3, -0.25) is 9.59 Å². The molecule has 0 atom stereocenters. The van der Waals surface area contributed by atoms with Crippen LogP contribution in [0.5, 0.6) is 0 Å². The van der Waals surface area contributed by atoms with E-state index in [2.05, 4.69) is 5.32 Å². The molecule has 0 aromatic heterocycles. The van der Waals surface area contributed by atoms with Crippen molar-refractivity contribution in [3.8, 4) is 0 Å². The van der Waals surface area contributed by atoms with Crippen molar-refractivity contribution in [3.63, 3.8) is 0 Å². The number of fused-ring (bicyclic) bond motifs is 1. The smallest absolute Gasteiger partial charge is 0.299 e. The molecule has 1 N–H and O–H groups in total. The van der Waals surface area contributed by atoms with Crippen LogP contribution in [0.1, 0.15) is 34.8 Å². The van der Waals surface area contributed by atoms with Gasteiger partial charge in [0.15, 0.2) is 0 Å². The summed E-state index contributed by atoms with van der Waals surface area (Å²) < 4.78 is 0. The number of nitrogens with one attached hydrogen (secondary N) is 1. The van der Waals surface area contributed by atoms with Gasteiger partial charge in [-0.2, -0.15) is 0 Å². The molecule has 1 aliphatic rings. The zero-order valence-corrected chi connectivity index (χ0v) is 11.7. The van der Waals surface area contributed by atoms with Crippen molar-refractivity contribution in [3.05, 3.63) is 28.8 Å². The zero-order chi connectivity index (χ0) is 14.0. The second-order valence-corrected chi connectivity index (χ2v) is 4.92. The van der Waals surface area contributed by atoms with E-state index in [0.717, 1.165) is 36.3 Å². The maximum absolute atomic E-state index is 12.1. The number of hydrogen-bond acceptors (Lipinski definition) is 3. The van der Waals surface area contributed by atoms with Crippen LogP contribution < -0.4 is 10.2 Å². The number of ketones is 1. The van der Waals surface area contributed by atoms with Gasteiger partial charge in [-0.15, -0.1) is 0 Å². The lowest BCUT2D eigenvalue weighted by molar-refractivity contribution is -0.114. The van der Waals surface area contributed by atoms with E-state index in [0.29, 0.717) is 12.1 Å². The summed E-state index contributed by atoms with van der Waals surface area (Å²) in [5.41, 5.74) is 3.27. The Morgan fingerprint density at radius 2 is 1.84 bits per heavy atom. The minimum absolute atomic E-state index is 0.361. The van der Waals surface area contributed by atoms with Crippen molar-refractivity contribution in [2.75, 3.05) is 24.5 Å². The van der Waals surface area contributed by atoms with Crippen molar-refractivity contribution in [1.29, 1.82) is 0 Å². The van der Waals surface area contributed by atoms with Crippen LogP contribution >= 0.6 is 0 Å². The summed E-state index contributed by atoms with van der Waals surface area (Å²) in [6, 6.07) is 3.87. The average Bonchev–Trinajstić information content (AvgIpc) is 2.65. The second kappa shape index (κ2) is 5.53. The van der Waals surface area contributed by atoms with E-state index >= 15 is 0 Å². The fourth-order valence-electron chi connectivity index (χ4n) is 2.51. The molecule has 1 aromatic carbocycles. The van der Waals surface area contributed by atoms with Gasteiger partial charge in [0.05, 0.1) is 11.3 Å². The van der Waals surface area contributed by atoms with Gasteiger partial charge >= 0.3 is 0 Å². The first kappa shape index (κ1) is 13.7. The number of anilines is 1. The van der Waals surface area contributed by atoms with E-state index in [9.17, 15) is 9.59 Å². The van der Waals surface area contributed by atoms with E-state index in [1.54, 1.807) is 4.90 Å². The Labute approximate surface area is 113 Å². The molecular formula is C15H20N2O2. The molecule has 0 aliphatic carbocycles. The molecule has 0 saturated heterocycles. The maximum Gasteiger partial charge on any atom is 0.299 e. The van der Waals surface area contributed by atoms with Gasteiger partial charge in [-0.05, 0) is 44.5 Å². The third-order valence-corrected chi connectivity index (χ3v) is 3.51. The van der Waals surface area contributed by atoms with Crippen LogP contribution in [0.3, 0.4) is 0 Å². The number of benzene rings is 1. The Morgan fingerprint density at radius 1 is 1.16 bits per heavy atom. The Balaban J connectivity index is 2.26. The minimum atomic E-state index is -0.385. The summed E-state index contributed by atoms with van der Waals surface area (Å²) in [7, 11) is 0. The Hall–Kier alpha value is -1.68. The van der Waals surface area contributed by atoms with Gasteiger partial charge in [0.25, 0.3) is 11.7 Å². The molecule has 0 fully saturated rings. The van der Waals surface area contributed by atoms with Crippen LogP contribution in [0.2, 0.25) is 0 Å². The number of hydrogen-bond donors (Lipinski definition) is 1. The van der Waals surface area contributed by atoms with Crippen LogP contribution in [0.15, 0.2) is 12.1 Å². The van der Waals surface area contributed by atoms with Crippen molar-refractivity contribution >= 4 is 17.4 Å². The third-order valence-electron chi connectivity index (χ3n) is 3.51. The van der Waals surface area contributed by atoms with Crippen LogP contribution in [0.4, 0.5) is 5.69 Å². The Bertz CT molecular complexity index is 523. The van der Waals surface area contributed by atoms with Crippen LogP contribution in [-0.2, 0) is 4.79 Å². The molecule has 102 valence electrons. The Kier molecular flexibility index (Phi) is 4.00. The molecule has 1 amide bonds. The number of aryl methyl sites for hydroxylation is 2. The highest BCUT2D eigenvalue weighted by Gasteiger charge is 2.37. The van der Waals surface area contributed by atoms with Crippen LogP contribution in [-0.4, -0.2) is 31.3 Å². The first-order chi connectivity index (χ1) is 9.07. The van der Waals surface area contributed by atoms with Gasteiger partial charge in [-0.1, -0.05) is 19.1 Å². The maximum atomic E-state index is 12.1. The molecule has 0 unspecified atom stereocenters. The summed E-state index contributed by atoms with van der Waals surface area (Å²) in [5, 5.41) is 3.23. The molecule has 0 saturated carbocycles. The quantitative estimate of drug-likeness (QED) is 0.649. The average molecular weight is 260 g/mol. The molecule has 0 spiro atoms. The summed E-state index contributed by atoms with van der Waals surface area (Å²) >= 11 is 0. The van der Waals surface area contributed by atoms with E-state index in [1.807, 2.05) is 32.9 Å². The number of carbonyl (C=O) groups excluding carboxylic acids is 2. The van der Waals surface area contributed by atoms with Crippen LogP contribution in [0, 0.1) is 13.8 Å². The number of Topliss-reactive ketones (excluding diaryl/α,β-unsaturated/α-hetero) is 1. The van der Waals surface area contributed by atoms with Crippen molar-refractivity contribution in [2.24, 2.45) is 0 Å². The summed E-state index contributed by atoms with van der Waals surface area (Å²) in [5.74, 6) is -0.747. The number of carbonyl (C=O) groups is 2. The molecule has 4 nitrogen and oxygen atoms in total. The number of amides is 1. The second-order valence-electron chi connectivity index (χ2n) is 4.92. The third kappa shape index (κ3) is 2.40. The topological polar surface area (TPSA) is 49.4 Å². The van der Waals surface area contributed by atoms with Gasteiger partial charge in [0.1, 0.15) is 0 Å². The zero-order valence-electron chi connectivity index (χ0n) is 11.7. The van der Waals surface area contributed by atoms with Gasteiger partial charge in [-0.25, -0.2) is 0 Å². The van der Waals surface area contributed by atoms with Crippen molar-refractivity contribution < 1.29 is 9.59 Å². The normalized spacial score (nSPS) is 14.2. The fraction of sp³-hybridized carbons (Fsp3) is 0.467. The van der Waals surface area contributed by atoms with E-state index in [-0.39, 0.29) is 11.7 Å². The largest absolute Gasteiger partial charge is 0.317 e. The summed E-state index contributed by atoms with van der Waals surface area (Å²) in [6.07, 6.45) is 0.847. The van der Waals surface area contributed by atoms with Gasteiger partial charge in [0.2, 0.25) is 0 Å². The summed E-state index contributed by atoms with van der Waals surface area (Å²) in [6.45, 7) is 8.24. The van der Waals surface area contributed by atoms with Gasteiger partial charge < -0.3 is 10.2 Å². The molecule has 1 aromatic rings. The predicted octanol–water partition coefficient (Wildman–Crippen LogP) is 1.83. The van der Waals surface area contributed by atoms with E-state index in [4.69, 9.17) is 0 Å². The lowest BCUT2D eigenvalue weighted by Gasteiger charge is -2.18. The SMILES string of the molecule is CCNCCCN1C(=O)C(=O)c2c(C)ccc(C)c21. The van der Waals surface area contributed by atoms with E-state index in [1.165, 1.54) is 0 Å². The fourth-order valence-corrected chi connectivity index (χ4v) is 2.51. The van der Waals surface area contributed by atoms with Gasteiger partial charge in [0, 0.05) is 6.54 Å². The molecule has 2 rings (SSSR count). The highest BCUT2D eigenvalue weighted by molar-refractivity contribution is 6.52. The molecule has 19 heavy (non-hydrogen) atoms. The molecule has 1 aliphatic heterocycles. The molecular weight excluding hydrogens is 240 g/mol. The van der Waals surface area contributed by atoms with Crippen molar-refractivity contribution in [2.45, 2.75) is 27.2 Å². The molecule has 0 radical (unpaired) electrons. The number of rotatable bonds is 5. The summed E-state index contributed by atoms with van der Waals surface area (Å²) in [4.78, 5) is 25.8. The van der Waals surface area contributed by atoms with Crippen molar-refractivity contribution in [1.82, 2.24) is 5.32 Å². The standard InChI is InChI=1S/C15H20N2O2/c1-4-16-8-5-9-17-13-11(3)7-6-10(2)12(13)14(18)15(17)19/h6-7,16H,4-5,8-9H2,1-3H3. The molecule has 4 heteroatoms. The Morgan fingerprint density at radius 3 is 2.53 bits per heavy atom. The monoisotopic (exact) mass is 260 g/mol. The lowest BCUT2D eigenvalue weighted by atomic mass is 10.0. The minimum Gasteiger partial charge on any atom is -0.317 e. The first-order valence-electron chi connectivity index (χ1n) is 6.75. The molecule has 1 heterocycles.